The third kappa shape index (κ3) is 3.63. The third-order valence-electron chi connectivity index (χ3n) is 3.02. The summed E-state index contributed by atoms with van der Waals surface area (Å²) in [6, 6.07) is 10.0. The van der Waals surface area contributed by atoms with E-state index in [1.54, 1.807) is 38.1 Å². The molecule has 0 saturated carbocycles. The summed E-state index contributed by atoms with van der Waals surface area (Å²) in [6.45, 7) is 3.20. The lowest BCUT2D eigenvalue weighted by atomic mass is 10.0. The van der Waals surface area contributed by atoms with Crippen molar-refractivity contribution in [1.29, 1.82) is 0 Å². The largest absolute Gasteiger partial charge is 0.481 e. The van der Waals surface area contributed by atoms with Gasteiger partial charge in [0.2, 0.25) is 0 Å². The van der Waals surface area contributed by atoms with E-state index in [0.29, 0.717) is 5.69 Å². The smallest absolute Gasteiger partial charge is 0.305 e. The van der Waals surface area contributed by atoms with Crippen molar-refractivity contribution in [2.45, 2.75) is 25.8 Å². The van der Waals surface area contributed by atoms with Crippen molar-refractivity contribution in [1.82, 2.24) is 15.1 Å². The summed E-state index contributed by atoms with van der Waals surface area (Å²) in [4.78, 5) is 34.9. The van der Waals surface area contributed by atoms with Crippen LogP contribution >= 0.6 is 0 Å². The normalized spacial score (nSPS) is 11.2. The number of nitrogens with zero attached hydrogens (tertiary/aromatic N) is 1. The van der Waals surface area contributed by atoms with Gasteiger partial charge in [-0.1, -0.05) is 18.2 Å². The first kappa shape index (κ1) is 15.6. The molecule has 116 valence electrons. The molecule has 0 aliphatic heterocycles. The van der Waals surface area contributed by atoms with Crippen molar-refractivity contribution in [2.24, 2.45) is 0 Å². The van der Waals surface area contributed by atoms with E-state index in [2.05, 4.69) is 10.4 Å². The molecule has 22 heavy (non-hydrogen) atoms. The summed E-state index contributed by atoms with van der Waals surface area (Å²) in [6.07, 6.45) is -0.220. The number of hydrogen-bond donors (Lipinski definition) is 3. The number of rotatable bonds is 5. The van der Waals surface area contributed by atoms with Crippen molar-refractivity contribution in [3.8, 4) is 5.69 Å². The lowest BCUT2D eigenvalue weighted by molar-refractivity contribution is -0.138. The van der Waals surface area contributed by atoms with Crippen LogP contribution in [0.1, 0.15) is 30.8 Å². The van der Waals surface area contributed by atoms with Crippen LogP contribution in [-0.2, 0) is 4.79 Å². The molecular weight excluding hydrogens is 286 g/mol. The van der Waals surface area contributed by atoms with Crippen LogP contribution in [0.4, 0.5) is 0 Å². The van der Waals surface area contributed by atoms with E-state index < -0.39 is 17.4 Å². The van der Waals surface area contributed by atoms with Crippen LogP contribution in [0.3, 0.4) is 0 Å². The fourth-order valence-electron chi connectivity index (χ4n) is 2.08. The number of carboxylic acid groups (broad SMARTS) is 1. The number of amides is 1. The highest BCUT2D eigenvalue weighted by Gasteiger charge is 2.25. The van der Waals surface area contributed by atoms with Crippen LogP contribution in [0, 0.1) is 0 Å². The predicted molar refractivity (Wildman–Crippen MR) is 80.2 cm³/mol. The third-order valence-corrected chi connectivity index (χ3v) is 3.02. The zero-order valence-corrected chi connectivity index (χ0v) is 12.3. The lowest BCUT2D eigenvalue weighted by Crippen LogP contribution is -2.45. The Balaban J connectivity index is 2.22. The van der Waals surface area contributed by atoms with Crippen LogP contribution in [0.5, 0.6) is 0 Å². The first-order valence-electron chi connectivity index (χ1n) is 6.70. The Labute approximate surface area is 126 Å². The number of H-pyrrole nitrogens is 1. The highest BCUT2D eigenvalue weighted by Crippen LogP contribution is 2.10. The van der Waals surface area contributed by atoms with Gasteiger partial charge in [0.25, 0.3) is 11.5 Å². The molecule has 1 aromatic carbocycles. The van der Waals surface area contributed by atoms with Crippen LogP contribution in [0.2, 0.25) is 0 Å². The minimum Gasteiger partial charge on any atom is -0.481 e. The fraction of sp³-hybridized carbons (Fsp3) is 0.267. The molecule has 0 radical (unpaired) electrons. The molecule has 1 heterocycles. The Morgan fingerprint density at radius 1 is 1.27 bits per heavy atom. The number of carboxylic acids is 1. The molecule has 0 fully saturated rings. The molecule has 0 aliphatic carbocycles. The van der Waals surface area contributed by atoms with E-state index in [0.717, 1.165) is 0 Å². The number of para-hydroxylation sites is 1. The van der Waals surface area contributed by atoms with Gasteiger partial charge < -0.3 is 10.4 Å². The quantitative estimate of drug-likeness (QED) is 0.770. The summed E-state index contributed by atoms with van der Waals surface area (Å²) in [5.74, 6) is -1.54. The molecule has 0 aliphatic rings. The Morgan fingerprint density at radius 2 is 1.91 bits per heavy atom. The molecule has 2 rings (SSSR count). The standard InChI is InChI=1S/C15H17N3O4/c1-15(2,9-13(20)21)16-14(22)11-8-12(19)18(17-11)10-6-4-3-5-7-10/h3-8,17H,9H2,1-2H3,(H,16,22)(H,20,21). The Bertz CT molecular complexity index is 744. The van der Waals surface area contributed by atoms with Gasteiger partial charge in [-0.2, -0.15) is 0 Å². The Morgan fingerprint density at radius 3 is 2.50 bits per heavy atom. The number of aromatic amines is 1. The first-order valence-corrected chi connectivity index (χ1v) is 6.70. The number of carbonyl (C=O) groups excluding carboxylic acids is 1. The highest BCUT2D eigenvalue weighted by molar-refractivity contribution is 5.93. The SMILES string of the molecule is CC(C)(CC(=O)O)NC(=O)c1cc(=O)n(-c2ccccc2)[nH]1. The van der Waals surface area contributed by atoms with Crippen LogP contribution < -0.4 is 10.9 Å². The van der Waals surface area contributed by atoms with Crippen LogP contribution in [0.25, 0.3) is 5.69 Å². The summed E-state index contributed by atoms with van der Waals surface area (Å²) in [5, 5.41) is 14.1. The minimum atomic E-state index is -1.01. The van der Waals surface area contributed by atoms with E-state index in [1.165, 1.54) is 10.7 Å². The van der Waals surface area contributed by atoms with E-state index in [4.69, 9.17) is 5.11 Å². The Kier molecular flexibility index (Phi) is 4.16. The maximum atomic E-state index is 12.2. The summed E-state index contributed by atoms with van der Waals surface area (Å²) >= 11 is 0. The highest BCUT2D eigenvalue weighted by atomic mass is 16.4. The number of benzene rings is 1. The number of aromatic nitrogens is 2. The van der Waals surface area contributed by atoms with Gasteiger partial charge in [-0.3, -0.25) is 19.5 Å². The average Bonchev–Trinajstić information content (AvgIpc) is 2.80. The zero-order chi connectivity index (χ0) is 16.3. The van der Waals surface area contributed by atoms with Crippen LogP contribution in [-0.4, -0.2) is 32.3 Å². The van der Waals surface area contributed by atoms with Gasteiger partial charge >= 0.3 is 5.97 Å². The molecule has 0 saturated heterocycles. The van der Waals surface area contributed by atoms with Gasteiger partial charge in [0, 0.05) is 11.6 Å². The maximum absolute atomic E-state index is 12.2. The zero-order valence-electron chi connectivity index (χ0n) is 12.3. The van der Waals surface area contributed by atoms with Gasteiger partial charge in [0.15, 0.2) is 0 Å². The summed E-state index contributed by atoms with van der Waals surface area (Å²) in [7, 11) is 0. The monoisotopic (exact) mass is 303 g/mol. The van der Waals surface area contributed by atoms with Gasteiger partial charge in [0.1, 0.15) is 5.69 Å². The molecule has 1 amide bonds. The van der Waals surface area contributed by atoms with Crippen molar-refractivity contribution in [3.63, 3.8) is 0 Å². The van der Waals surface area contributed by atoms with Crippen molar-refractivity contribution >= 4 is 11.9 Å². The molecule has 7 nitrogen and oxygen atoms in total. The van der Waals surface area contributed by atoms with E-state index in [-0.39, 0.29) is 17.7 Å². The summed E-state index contributed by atoms with van der Waals surface area (Å²) < 4.78 is 1.25. The van der Waals surface area contributed by atoms with Crippen molar-refractivity contribution in [3.05, 3.63) is 52.4 Å². The van der Waals surface area contributed by atoms with E-state index in [9.17, 15) is 14.4 Å². The van der Waals surface area contributed by atoms with Gasteiger partial charge in [-0.05, 0) is 26.0 Å². The summed E-state index contributed by atoms with van der Waals surface area (Å²) in [5.41, 5.74) is -0.606. The Hall–Kier alpha value is -2.83. The van der Waals surface area contributed by atoms with Crippen molar-refractivity contribution in [2.75, 3.05) is 0 Å². The predicted octanol–water partition coefficient (Wildman–Crippen LogP) is 1.15. The van der Waals surface area contributed by atoms with Gasteiger partial charge in [0.05, 0.1) is 12.1 Å². The van der Waals surface area contributed by atoms with E-state index >= 15 is 0 Å². The molecule has 0 bridgehead atoms. The number of aliphatic carboxylic acids is 1. The molecule has 3 N–H and O–H groups in total. The lowest BCUT2D eigenvalue weighted by Gasteiger charge is -2.23. The van der Waals surface area contributed by atoms with Gasteiger partial charge in [-0.25, -0.2) is 4.68 Å². The molecule has 0 unspecified atom stereocenters. The number of nitrogens with one attached hydrogen (secondary N) is 2. The molecule has 0 atom stereocenters. The second kappa shape index (κ2) is 5.88. The molecule has 7 heteroatoms. The van der Waals surface area contributed by atoms with Crippen LogP contribution in [0.15, 0.2) is 41.2 Å². The second-order valence-corrected chi connectivity index (χ2v) is 5.59. The second-order valence-electron chi connectivity index (χ2n) is 5.59. The molecule has 0 spiro atoms. The van der Waals surface area contributed by atoms with E-state index in [1.807, 2.05) is 6.07 Å². The number of hydrogen-bond acceptors (Lipinski definition) is 3. The number of carbonyl (C=O) groups is 2. The molecule has 1 aromatic heterocycles. The average molecular weight is 303 g/mol. The topological polar surface area (TPSA) is 104 Å². The molecular formula is C15H17N3O4. The first-order chi connectivity index (χ1) is 10.3. The molecule has 2 aromatic rings. The van der Waals surface area contributed by atoms with Crippen molar-refractivity contribution < 1.29 is 14.7 Å². The fourth-order valence-corrected chi connectivity index (χ4v) is 2.08. The maximum Gasteiger partial charge on any atom is 0.305 e. The minimum absolute atomic E-state index is 0.0762. The van der Waals surface area contributed by atoms with Gasteiger partial charge in [-0.15, -0.1) is 0 Å².